The minimum absolute atomic E-state index is 0.573. The monoisotopic (exact) mass is 210 g/mol. The summed E-state index contributed by atoms with van der Waals surface area (Å²) in [7, 11) is 0. The highest BCUT2D eigenvalue weighted by Gasteiger charge is 2.32. The van der Waals surface area contributed by atoms with Crippen molar-refractivity contribution in [3.05, 3.63) is 0 Å². The van der Waals surface area contributed by atoms with E-state index >= 15 is 0 Å². The van der Waals surface area contributed by atoms with Crippen molar-refractivity contribution in [1.82, 2.24) is 0 Å². The van der Waals surface area contributed by atoms with Gasteiger partial charge in [-0.15, -0.1) is 0 Å². The fourth-order valence-electron chi connectivity index (χ4n) is 2.93. The zero-order valence-corrected chi connectivity index (χ0v) is 10.4. The Morgan fingerprint density at radius 2 is 1.27 bits per heavy atom. The summed E-state index contributed by atoms with van der Waals surface area (Å²) in [5, 5.41) is 0. The Labute approximate surface area is 94.6 Å². The molecule has 2 aliphatic carbocycles. The summed E-state index contributed by atoms with van der Waals surface area (Å²) in [6.07, 6.45) is 12.1. The van der Waals surface area contributed by atoms with E-state index < -0.39 is 0 Å². The van der Waals surface area contributed by atoms with E-state index in [1.54, 1.807) is 0 Å². The molecule has 15 heavy (non-hydrogen) atoms. The molecule has 0 heterocycles. The van der Waals surface area contributed by atoms with Gasteiger partial charge < -0.3 is 4.74 Å². The lowest BCUT2D eigenvalue weighted by atomic mass is 9.78. The lowest BCUT2D eigenvalue weighted by Crippen LogP contribution is -2.37. The second kappa shape index (κ2) is 5.34. The smallest absolute Gasteiger partial charge is 0.0604 e. The van der Waals surface area contributed by atoms with Gasteiger partial charge in [0.1, 0.15) is 0 Å². The molecular weight excluding hydrogens is 184 g/mol. The number of rotatable bonds is 6. The molecule has 0 amide bonds. The van der Waals surface area contributed by atoms with E-state index in [4.69, 9.17) is 4.74 Å². The summed E-state index contributed by atoms with van der Waals surface area (Å²) in [4.78, 5) is 0. The fraction of sp³-hybridized carbons (Fsp3) is 1.00. The minimum Gasteiger partial charge on any atom is -0.374 e. The summed E-state index contributed by atoms with van der Waals surface area (Å²) >= 11 is 0. The van der Waals surface area contributed by atoms with Gasteiger partial charge >= 0.3 is 0 Å². The van der Waals surface area contributed by atoms with Gasteiger partial charge in [-0.05, 0) is 50.4 Å². The average Bonchev–Trinajstić information content (AvgIpc) is 2.09. The van der Waals surface area contributed by atoms with E-state index in [1.807, 2.05) is 0 Å². The molecule has 0 aromatic rings. The van der Waals surface area contributed by atoms with Crippen molar-refractivity contribution in [1.29, 1.82) is 0 Å². The third kappa shape index (κ3) is 2.55. The highest BCUT2D eigenvalue weighted by molar-refractivity contribution is 4.82. The van der Waals surface area contributed by atoms with E-state index in [0.29, 0.717) is 12.2 Å². The van der Waals surface area contributed by atoms with E-state index in [2.05, 4.69) is 13.8 Å². The van der Waals surface area contributed by atoms with Crippen LogP contribution in [-0.4, -0.2) is 12.2 Å². The standard InChI is InChI=1S/C14H26O/c1-3-13(11-7-5-8-11)15-14(4-2)12-9-6-10-12/h11-14H,3-10H2,1-2H3. The third-order valence-electron chi connectivity index (χ3n) is 4.51. The molecule has 2 saturated carbocycles. The number of ether oxygens (including phenoxy) is 1. The maximum atomic E-state index is 6.36. The van der Waals surface area contributed by atoms with E-state index in [1.165, 1.54) is 51.4 Å². The zero-order valence-electron chi connectivity index (χ0n) is 10.4. The van der Waals surface area contributed by atoms with Gasteiger partial charge in [0, 0.05) is 0 Å². The van der Waals surface area contributed by atoms with Gasteiger partial charge in [-0.1, -0.05) is 26.7 Å². The third-order valence-corrected chi connectivity index (χ3v) is 4.51. The molecule has 2 atom stereocenters. The van der Waals surface area contributed by atoms with Crippen LogP contribution in [0.1, 0.15) is 65.2 Å². The van der Waals surface area contributed by atoms with Gasteiger partial charge in [-0.2, -0.15) is 0 Å². The molecule has 0 saturated heterocycles. The predicted molar refractivity (Wildman–Crippen MR) is 63.9 cm³/mol. The molecule has 0 bridgehead atoms. The normalized spacial score (nSPS) is 26.8. The Morgan fingerprint density at radius 3 is 1.47 bits per heavy atom. The summed E-state index contributed by atoms with van der Waals surface area (Å²) in [6.45, 7) is 4.58. The molecule has 88 valence electrons. The minimum atomic E-state index is 0.573. The maximum Gasteiger partial charge on any atom is 0.0604 e. The van der Waals surface area contributed by atoms with Crippen molar-refractivity contribution in [3.63, 3.8) is 0 Å². The van der Waals surface area contributed by atoms with E-state index in [0.717, 1.165) is 11.8 Å². The summed E-state index contributed by atoms with van der Waals surface area (Å²) in [5.41, 5.74) is 0. The van der Waals surface area contributed by atoms with Crippen LogP contribution in [0.4, 0.5) is 0 Å². The molecule has 2 rings (SSSR count). The van der Waals surface area contributed by atoms with Crippen LogP contribution < -0.4 is 0 Å². The zero-order chi connectivity index (χ0) is 10.7. The van der Waals surface area contributed by atoms with Crippen molar-refractivity contribution in [2.75, 3.05) is 0 Å². The van der Waals surface area contributed by atoms with Crippen molar-refractivity contribution < 1.29 is 4.74 Å². The van der Waals surface area contributed by atoms with Crippen LogP contribution in [-0.2, 0) is 4.74 Å². The first-order chi connectivity index (χ1) is 7.35. The molecule has 0 aromatic heterocycles. The van der Waals surface area contributed by atoms with Gasteiger partial charge in [0.2, 0.25) is 0 Å². The highest BCUT2D eigenvalue weighted by Crippen LogP contribution is 2.37. The second-order valence-corrected chi connectivity index (χ2v) is 5.41. The number of hydrogen-bond donors (Lipinski definition) is 0. The molecular formula is C14H26O. The molecule has 2 unspecified atom stereocenters. The maximum absolute atomic E-state index is 6.36. The first-order valence-corrected chi connectivity index (χ1v) is 7.00. The molecule has 2 fully saturated rings. The first kappa shape index (κ1) is 11.4. The topological polar surface area (TPSA) is 9.23 Å². The van der Waals surface area contributed by atoms with Crippen molar-refractivity contribution in [2.24, 2.45) is 11.8 Å². The van der Waals surface area contributed by atoms with Crippen LogP contribution in [0, 0.1) is 11.8 Å². The van der Waals surface area contributed by atoms with Crippen LogP contribution in [0.25, 0.3) is 0 Å². The molecule has 0 aromatic carbocycles. The molecule has 1 nitrogen and oxygen atoms in total. The Balaban J connectivity index is 1.79. The van der Waals surface area contributed by atoms with E-state index in [-0.39, 0.29) is 0 Å². The molecule has 1 heteroatoms. The van der Waals surface area contributed by atoms with Crippen molar-refractivity contribution >= 4 is 0 Å². The Kier molecular flexibility index (Phi) is 4.07. The van der Waals surface area contributed by atoms with Crippen molar-refractivity contribution in [2.45, 2.75) is 77.4 Å². The SMILES string of the molecule is CCC(OC(CC)C1CCC1)C1CCC1. The lowest BCUT2D eigenvalue weighted by Gasteiger charge is -2.40. The average molecular weight is 210 g/mol. The second-order valence-electron chi connectivity index (χ2n) is 5.41. The summed E-state index contributed by atoms with van der Waals surface area (Å²) in [6, 6.07) is 0. The van der Waals surface area contributed by atoms with E-state index in [9.17, 15) is 0 Å². The lowest BCUT2D eigenvalue weighted by molar-refractivity contribution is -0.0990. The van der Waals surface area contributed by atoms with Crippen LogP contribution >= 0.6 is 0 Å². The first-order valence-electron chi connectivity index (χ1n) is 7.00. The highest BCUT2D eigenvalue weighted by atomic mass is 16.5. The van der Waals surface area contributed by atoms with Crippen LogP contribution in [0.2, 0.25) is 0 Å². The fourth-order valence-corrected chi connectivity index (χ4v) is 2.93. The number of hydrogen-bond acceptors (Lipinski definition) is 1. The van der Waals surface area contributed by atoms with Gasteiger partial charge in [0.25, 0.3) is 0 Å². The molecule has 0 N–H and O–H groups in total. The molecule has 0 spiro atoms. The molecule has 2 aliphatic rings. The van der Waals surface area contributed by atoms with Crippen LogP contribution in [0.3, 0.4) is 0 Å². The molecule has 0 aliphatic heterocycles. The van der Waals surface area contributed by atoms with Crippen LogP contribution in [0.5, 0.6) is 0 Å². The van der Waals surface area contributed by atoms with Gasteiger partial charge in [-0.3, -0.25) is 0 Å². The summed E-state index contributed by atoms with van der Waals surface area (Å²) in [5.74, 6) is 1.79. The Morgan fingerprint density at radius 1 is 0.867 bits per heavy atom. The quantitative estimate of drug-likeness (QED) is 0.639. The van der Waals surface area contributed by atoms with Gasteiger partial charge in [0.05, 0.1) is 12.2 Å². The largest absolute Gasteiger partial charge is 0.374 e. The molecule has 0 radical (unpaired) electrons. The van der Waals surface area contributed by atoms with Crippen LogP contribution in [0.15, 0.2) is 0 Å². The predicted octanol–water partition coefficient (Wildman–Crippen LogP) is 4.16. The van der Waals surface area contributed by atoms with Gasteiger partial charge in [-0.25, -0.2) is 0 Å². The Hall–Kier alpha value is -0.0400. The van der Waals surface area contributed by atoms with Gasteiger partial charge in [0.15, 0.2) is 0 Å². The summed E-state index contributed by atoms with van der Waals surface area (Å²) < 4.78 is 6.36. The Bertz CT molecular complexity index is 162. The van der Waals surface area contributed by atoms with Crippen molar-refractivity contribution in [3.8, 4) is 0 Å².